The molecule has 0 spiro atoms. The van der Waals surface area contributed by atoms with Crippen LogP contribution in [0.5, 0.6) is 5.75 Å². The number of aromatic hydroxyl groups is 1. The SMILES string of the molecule is Nc1nc(C(Cc2ccc(O)cc2)NC(=O)c2ccc3c(c2)nc(-c2ccoc2)n3C2CCCCC2)cs1. The second-order valence-electron chi connectivity index (χ2n) is 9.82. The van der Waals surface area contributed by atoms with Crippen LogP contribution in [0.1, 0.15) is 65.8 Å². The molecule has 5 aromatic rings. The number of phenolic OH excluding ortho intramolecular Hbond substituents is 1. The van der Waals surface area contributed by atoms with E-state index < -0.39 is 0 Å². The van der Waals surface area contributed by atoms with Gasteiger partial charge >= 0.3 is 0 Å². The Morgan fingerprint density at radius 1 is 1.13 bits per heavy atom. The Labute approximate surface area is 224 Å². The number of nitrogens with two attached hydrogens (primary N) is 1. The molecule has 0 aliphatic heterocycles. The van der Waals surface area contributed by atoms with Crippen molar-refractivity contribution in [1.29, 1.82) is 0 Å². The van der Waals surface area contributed by atoms with Crippen molar-refractivity contribution in [3.63, 3.8) is 0 Å². The number of hydrogen-bond acceptors (Lipinski definition) is 7. The van der Waals surface area contributed by atoms with Crippen molar-refractivity contribution < 1.29 is 14.3 Å². The van der Waals surface area contributed by atoms with Gasteiger partial charge < -0.3 is 25.1 Å². The number of phenols is 1. The fraction of sp³-hybridized carbons (Fsp3) is 0.276. The summed E-state index contributed by atoms with van der Waals surface area (Å²) in [5, 5.41) is 15.1. The number of imidazole rings is 1. The number of benzene rings is 2. The molecule has 38 heavy (non-hydrogen) atoms. The largest absolute Gasteiger partial charge is 0.508 e. The number of furan rings is 1. The molecule has 4 N–H and O–H groups in total. The van der Waals surface area contributed by atoms with E-state index in [-0.39, 0.29) is 17.7 Å². The number of nitrogen functional groups attached to an aromatic ring is 1. The second-order valence-corrected chi connectivity index (χ2v) is 10.7. The maximum atomic E-state index is 13.5. The van der Waals surface area contributed by atoms with Crippen LogP contribution < -0.4 is 11.1 Å². The lowest BCUT2D eigenvalue weighted by Gasteiger charge is -2.25. The Hall–Kier alpha value is -4.11. The van der Waals surface area contributed by atoms with Crippen molar-refractivity contribution >= 4 is 33.4 Å². The highest BCUT2D eigenvalue weighted by Gasteiger charge is 2.24. The number of carbonyl (C=O) groups excluding carboxylic acids is 1. The predicted octanol–water partition coefficient (Wildman–Crippen LogP) is 6.26. The highest BCUT2D eigenvalue weighted by atomic mass is 32.1. The summed E-state index contributed by atoms with van der Waals surface area (Å²) in [7, 11) is 0. The lowest BCUT2D eigenvalue weighted by atomic mass is 9.95. The number of nitrogens with zero attached hydrogens (tertiary/aromatic N) is 3. The summed E-state index contributed by atoms with van der Waals surface area (Å²) >= 11 is 1.34. The van der Waals surface area contributed by atoms with Gasteiger partial charge in [-0.15, -0.1) is 11.3 Å². The zero-order valence-electron chi connectivity index (χ0n) is 20.8. The molecule has 6 rings (SSSR count). The first kappa shape index (κ1) is 24.2. The molecule has 9 heteroatoms. The Morgan fingerprint density at radius 2 is 1.95 bits per heavy atom. The van der Waals surface area contributed by atoms with Crippen molar-refractivity contribution in [2.75, 3.05) is 5.73 Å². The van der Waals surface area contributed by atoms with Gasteiger partial charge in [0, 0.05) is 17.0 Å². The molecule has 1 saturated carbocycles. The van der Waals surface area contributed by atoms with Gasteiger partial charge in [0.15, 0.2) is 5.13 Å². The van der Waals surface area contributed by atoms with Gasteiger partial charge in [-0.25, -0.2) is 9.97 Å². The molecule has 8 nitrogen and oxygen atoms in total. The van der Waals surface area contributed by atoms with Gasteiger partial charge in [-0.05, 0) is 61.2 Å². The number of hydrogen-bond donors (Lipinski definition) is 3. The zero-order valence-corrected chi connectivity index (χ0v) is 21.7. The number of aromatic nitrogens is 3. The standard InChI is InChI=1S/C29H29N5O3S/c30-29-33-25(17-38-29)23(14-18-6-9-22(35)10-7-18)32-28(36)19-8-11-26-24(15-19)31-27(20-12-13-37-16-20)34(26)21-4-2-1-3-5-21/h6-13,15-17,21,23,35H,1-5,14H2,(H2,30,33)(H,32,36). The molecular formula is C29H29N5O3S. The molecule has 1 unspecified atom stereocenters. The van der Waals surface area contributed by atoms with E-state index in [1.807, 2.05) is 41.8 Å². The number of fused-ring (bicyclic) bond motifs is 1. The van der Waals surface area contributed by atoms with Crippen LogP contribution in [-0.4, -0.2) is 25.5 Å². The van der Waals surface area contributed by atoms with E-state index >= 15 is 0 Å². The van der Waals surface area contributed by atoms with Gasteiger partial charge in [-0.3, -0.25) is 4.79 Å². The smallest absolute Gasteiger partial charge is 0.251 e. The summed E-state index contributed by atoms with van der Waals surface area (Å²) in [5.74, 6) is 0.865. The predicted molar refractivity (Wildman–Crippen MR) is 148 cm³/mol. The van der Waals surface area contributed by atoms with E-state index in [2.05, 4.69) is 14.9 Å². The molecule has 3 heterocycles. The lowest BCUT2D eigenvalue weighted by molar-refractivity contribution is 0.0936. The average molecular weight is 528 g/mol. The van der Waals surface area contributed by atoms with Gasteiger partial charge in [0.25, 0.3) is 5.91 Å². The minimum absolute atomic E-state index is 0.197. The fourth-order valence-corrected chi connectivity index (χ4v) is 5.96. The summed E-state index contributed by atoms with van der Waals surface area (Å²) in [4.78, 5) is 22.9. The molecule has 0 radical (unpaired) electrons. The first-order valence-corrected chi connectivity index (χ1v) is 13.8. The number of amides is 1. The van der Waals surface area contributed by atoms with Gasteiger partial charge in [0.2, 0.25) is 0 Å². The molecule has 1 aliphatic rings. The minimum atomic E-state index is -0.377. The Morgan fingerprint density at radius 3 is 2.66 bits per heavy atom. The van der Waals surface area contributed by atoms with Crippen LogP contribution >= 0.6 is 11.3 Å². The number of rotatable bonds is 7. The van der Waals surface area contributed by atoms with Crippen molar-refractivity contribution in [1.82, 2.24) is 19.9 Å². The third kappa shape index (κ3) is 4.89. The van der Waals surface area contributed by atoms with E-state index in [0.29, 0.717) is 28.9 Å². The van der Waals surface area contributed by atoms with Crippen LogP contribution in [0.4, 0.5) is 5.13 Å². The molecule has 194 valence electrons. The number of thiazole rings is 1. The van der Waals surface area contributed by atoms with Crippen molar-refractivity contribution in [2.45, 2.75) is 50.6 Å². The van der Waals surface area contributed by atoms with Crippen LogP contribution in [0.3, 0.4) is 0 Å². The first-order valence-electron chi connectivity index (χ1n) is 12.9. The molecule has 3 aromatic heterocycles. The molecular weight excluding hydrogens is 498 g/mol. The van der Waals surface area contributed by atoms with Crippen molar-refractivity contribution in [2.24, 2.45) is 0 Å². The first-order chi connectivity index (χ1) is 18.5. The molecule has 1 atom stereocenters. The quantitative estimate of drug-likeness (QED) is 0.230. The van der Waals surface area contributed by atoms with Crippen LogP contribution in [-0.2, 0) is 6.42 Å². The monoisotopic (exact) mass is 527 g/mol. The molecule has 0 saturated heterocycles. The van der Waals surface area contributed by atoms with Crippen LogP contribution in [0.2, 0.25) is 0 Å². The summed E-state index contributed by atoms with van der Waals surface area (Å²) in [6.45, 7) is 0. The maximum Gasteiger partial charge on any atom is 0.251 e. The van der Waals surface area contributed by atoms with E-state index in [4.69, 9.17) is 15.1 Å². The highest BCUT2D eigenvalue weighted by Crippen LogP contribution is 2.36. The Bertz CT molecular complexity index is 1550. The Kier molecular flexibility index (Phi) is 6.59. The minimum Gasteiger partial charge on any atom is -0.508 e. The summed E-state index contributed by atoms with van der Waals surface area (Å²) in [6.07, 6.45) is 9.82. The molecule has 2 aromatic carbocycles. The molecule has 1 amide bonds. The van der Waals surface area contributed by atoms with Crippen molar-refractivity contribution in [3.05, 3.63) is 83.3 Å². The lowest BCUT2D eigenvalue weighted by Crippen LogP contribution is -2.30. The average Bonchev–Trinajstić information content (AvgIpc) is 3.69. The van der Waals surface area contributed by atoms with Gasteiger partial charge in [-0.1, -0.05) is 31.4 Å². The topological polar surface area (TPSA) is 119 Å². The normalized spacial score (nSPS) is 15.1. The number of carbonyl (C=O) groups is 1. The van der Waals surface area contributed by atoms with E-state index in [0.717, 1.165) is 40.8 Å². The highest BCUT2D eigenvalue weighted by molar-refractivity contribution is 7.13. The number of nitrogens with one attached hydrogen (secondary N) is 1. The van der Waals surface area contributed by atoms with E-state index in [1.54, 1.807) is 24.7 Å². The molecule has 1 fully saturated rings. The maximum absolute atomic E-state index is 13.5. The van der Waals surface area contributed by atoms with Crippen LogP contribution in [0.25, 0.3) is 22.4 Å². The van der Waals surface area contributed by atoms with E-state index in [1.165, 1.54) is 30.6 Å². The summed E-state index contributed by atoms with van der Waals surface area (Å²) < 4.78 is 7.69. The molecule has 1 aliphatic carbocycles. The Balaban J connectivity index is 1.32. The number of anilines is 1. The van der Waals surface area contributed by atoms with Crippen LogP contribution in [0.15, 0.2) is 70.9 Å². The fourth-order valence-electron chi connectivity index (χ4n) is 5.34. The van der Waals surface area contributed by atoms with Gasteiger partial charge in [0.1, 0.15) is 17.8 Å². The molecule has 0 bridgehead atoms. The van der Waals surface area contributed by atoms with E-state index in [9.17, 15) is 9.90 Å². The van der Waals surface area contributed by atoms with Crippen LogP contribution in [0, 0.1) is 0 Å². The zero-order chi connectivity index (χ0) is 26.1. The summed E-state index contributed by atoms with van der Waals surface area (Å²) in [5.41, 5.74) is 10.8. The second kappa shape index (κ2) is 10.3. The van der Waals surface area contributed by atoms with Gasteiger partial charge in [0.05, 0.1) is 34.6 Å². The summed E-state index contributed by atoms with van der Waals surface area (Å²) in [6, 6.07) is 14.6. The third-order valence-corrected chi connectivity index (χ3v) is 7.94. The van der Waals surface area contributed by atoms with Gasteiger partial charge in [-0.2, -0.15) is 0 Å². The third-order valence-electron chi connectivity index (χ3n) is 7.25. The van der Waals surface area contributed by atoms with Crippen molar-refractivity contribution in [3.8, 4) is 17.1 Å².